The first kappa shape index (κ1) is 25.0. The molecular weight excluding hydrogens is 440 g/mol. The van der Waals surface area contributed by atoms with Gasteiger partial charge in [-0.05, 0) is 65.9 Å². The highest BCUT2D eigenvalue weighted by Crippen LogP contribution is 2.31. The second kappa shape index (κ2) is 10.5. The van der Waals surface area contributed by atoms with Crippen molar-refractivity contribution in [1.82, 2.24) is 10.2 Å². The van der Waals surface area contributed by atoms with Crippen LogP contribution < -0.4 is 16.8 Å². The van der Waals surface area contributed by atoms with Crippen LogP contribution in [0.15, 0.2) is 36.4 Å². The number of amides is 2. The molecule has 10 heteroatoms. The fourth-order valence-electron chi connectivity index (χ4n) is 4.04. The molecule has 0 fully saturated rings. The van der Waals surface area contributed by atoms with Crippen molar-refractivity contribution in [2.24, 2.45) is 11.5 Å². The van der Waals surface area contributed by atoms with Crippen LogP contribution in [0.2, 0.25) is 0 Å². The Kier molecular flexibility index (Phi) is 7.75. The Morgan fingerprint density at radius 1 is 1.06 bits per heavy atom. The quantitative estimate of drug-likeness (QED) is 0.370. The Morgan fingerprint density at radius 2 is 1.62 bits per heavy atom. The molecule has 0 radical (unpaired) electrons. The van der Waals surface area contributed by atoms with Gasteiger partial charge in [0.2, 0.25) is 11.8 Å². The summed E-state index contributed by atoms with van der Waals surface area (Å²) in [7, 11) is 1.35. The van der Waals surface area contributed by atoms with Gasteiger partial charge in [-0.3, -0.25) is 9.59 Å². The maximum absolute atomic E-state index is 13.2. The maximum atomic E-state index is 13.2. The molecule has 2 unspecified atom stereocenters. The molecule has 4 bridgehead atoms. The van der Waals surface area contributed by atoms with Gasteiger partial charge in [0, 0.05) is 19.9 Å². The fraction of sp³-hybridized carbons (Fsp3) is 0.375. The highest BCUT2D eigenvalue weighted by atomic mass is 16.4. The zero-order chi connectivity index (χ0) is 25.0. The molecule has 34 heavy (non-hydrogen) atoms. The summed E-state index contributed by atoms with van der Waals surface area (Å²) in [6, 6.07) is 6.23. The molecule has 1 aliphatic heterocycles. The van der Waals surface area contributed by atoms with E-state index in [0.29, 0.717) is 28.7 Å². The molecular formula is C24H30N4O6. The van der Waals surface area contributed by atoms with Crippen LogP contribution >= 0.6 is 0 Å². The molecule has 3 atom stereocenters. The number of phenols is 2. The third kappa shape index (κ3) is 5.46. The number of rotatable bonds is 4. The van der Waals surface area contributed by atoms with Crippen LogP contribution in [0.5, 0.6) is 11.5 Å². The molecule has 3 rings (SSSR count). The Labute approximate surface area is 197 Å². The predicted molar refractivity (Wildman–Crippen MR) is 125 cm³/mol. The topological polar surface area (TPSA) is 179 Å². The molecule has 0 saturated heterocycles. The lowest BCUT2D eigenvalue weighted by Gasteiger charge is -2.30. The van der Waals surface area contributed by atoms with Crippen molar-refractivity contribution >= 4 is 17.8 Å². The number of carbonyl (C=O) groups is 3. The number of carboxylic acids is 1. The van der Waals surface area contributed by atoms with E-state index >= 15 is 0 Å². The lowest BCUT2D eigenvalue weighted by molar-refractivity contribution is -0.150. The molecule has 1 aliphatic rings. The van der Waals surface area contributed by atoms with Crippen molar-refractivity contribution in [2.45, 2.75) is 43.8 Å². The normalized spacial score (nSPS) is 21.4. The standard InChI is InChI=1S/C24H30N4O6/c1-28-19(24(33)34)12-16-10-14(5-7-21(16)30)13-4-6-20(29)15(9-13)11-17(26)22(31)27-18(23(28)32)3-2-8-25/h4-7,9-10,17-19,29-30H,2-3,8,11-12,25-26H2,1H3,(H,27,31)(H,33,34)/t17?,18-,19?/m0/s1. The number of fused-ring (bicyclic) bond motifs is 5. The maximum Gasteiger partial charge on any atom is 0.326 e. The van der Waals surface area contributed by atoms with Gasteiger partial charge in [0.25, 0.3) is 0 Å². The van der Waals surface area contributed by atoms with Crippen LogP contribution in [0, 0.1) is 0 Å². The van der Waals surface area contributed by atoms with Gasteiger partial charge in [0.1, 0.15) is 23.6 Å². The van der Waals surface area contributed by atoms with Crippen molar-refractivity contribution in [3.8, 4) is 22.6 Å². The molecule has 2 aromatic rings. The Balaban J connectivity index is 2.13. The van der Waals surface area contributed by atoms with Crippen LogP contribution in [0.25, 0.3) is 11.1 Å². The average Bonchev–Trinajstić information content (AvgIpc) is 2.80. The highest BCUT2D eigenvalue weighted by Gasteiger charge is 2.33. The number of nitrogens with two attached hydrogens (primary N) is 2. The second-order valence-electron chi connectivity index (χ2n) is 8.50. The van der Waals surface area contributed by atoms with Gasteiger partial charge in [0.05, 0.1) is 6.04 Å². The zero-order valence-electron chi connectivity index (χ0n) is 18.9. The summed E-state index contributed by atoms with van der Waals surface area (Å²) in [4.78, 5) is 39.2. The van der Waals surface area contributed by atoms with E-state index in [1.165, 1.54) is 19.2 Å². The van der Waals surface area contributed by atoms with Crippen LogP contribution in [0.4, 0.5) is 0 Å². The molecule has 0 aromatic heterocycles. The van der Waals surface area contributed by atoms with E-state index in [-0.39, 0.29) is 37.3 Å². The van der Waals surface area contributed by atoms with E-state index < -0.39 is 35.9 Å². The largest absolute Gasteiger partial charge is 0.508 e. The highest BCUT2D eigenvalue weighted by molar-refractivity contribution is 5.92. The Bertz CT molecular complexity index is 1090. The van der Waals surface area contributed by atoms with E-state index in [4.69, 9.17) is 11.5 Å². The second-order valence-corrected chi connectivity index (χ2v) is 8.50. The smallest absolute Gasteiger partial charge is 0.326 e. The molecule has 2 aromatic carbocycles. The van der Waals surface area contributed by atoms with E-state index in [2.05, 4.69) is 5.32 Å². The van der Waals surface area contributed by atoms with Crippen LogP contribution in [0.1, 0.15) is 24.0 Å². The van der Waals surface area contributed by atoms with Gasteiger partial charge in [-0.15, -0.1) is 0 Å². The Hall–Kier alpha value is -3.63. The molecule has 10 nitrogen and oxygen atoms in total. The van der Waals surface area contributed by atoms with E-state index in [0.717, 1.165) is 4.90 Å². The molecule has 2 amide bonds. The number of nitrogens with one attached hydrogen (secondary N) is 1. The summed E-state index contributed by atoms with van der Waals surface area (Å²) < 4.78 is 0. The summed E-state index contributed by atoms with van der Waals surface area (Å²) in [5.41, 5.74) is 13.8. The van der Waals surface area contributed by atoms with Crippen molar-refractivity contribution < 1.29 is 29.7 Å². The number of benzene rings is 2. The summed E-state index contributed by atoms with van der Waals surface area (Å²) in [6.07, 6.45) is 0.482. The molecule has 1 heterocycles. The summed E-state index contributed by atoms with van der Waals surface area (Å²) in [6.45, 7) is 0.277. The van der Waals surface area contributed by atoms with Crippen molar-refractivity contribution in [3.05, 3.63) is 47.5 Å². The third-order valence-electron chi connectivity index (χ3n) is 6.09. The predicted octanol–water partition coefficient (Wildman–Crippen LogP) is 0.326. The number of phenolic OH excluding ortho intramolecular Hbond substituents is 2. The molecule has 0 aliphatic carbocycles. The van der Waals surface area contributed by atoms with Gasteiger partial charge in [-0.1, -0.05) is 12.1 Å². The lowest BCUT2D eigenvalue weighted by Crippen LogP contribution is -2.55. The van der Waals surface area contributed by atoms with E-state index in [1.54, 1.807) is 24.3 Å². The number of nitrogens with zero attached hydrogens (tertiary/aromatic N) is 1. The van der Waals surface area contributed by atoms with Crippen molar-refractivity contribution in [3.63, 3.8) is 0 Å². The minimum absolute atomic E-state index is 0.0157. The first-order valence-corrected chi connectivity index (χ1v) is 11.0. The van der Waals surface area contributed by atoms with Gasteiger partial charge >= 0.3 is 5.97 Å². The number of aliphatic carboxylic acids is 1. The summed E-state index contributed by atoms with van der Waals surface area (Å²) in [5, 5.41) is 33.2. The van der Waals surface area contributed by atoms with Gasteiger partial charge in [-0.25, -0.2) is 4.79 Å². The van der Waals surface area contributed by atoms with Crippen LogP contribution in [0.3, 0.4) is 0 Å². The number of likely N-dealkylation sites (N-methyl/N-ethyl adjacent to an activating group) is 1. The van der Waals surface area contributed by atoms with Crippen molar-refractivity contribution in [1.29, 1.82) is 0 Å². The zero-order valence-corrected chi connectivity index (χ0v) is 18.9. The number of carboxylic acid groups (broad SMARTS) is 1. The number of hydrogen-bond acceptors (Lipinski definition) is 7. The van der Waals surface area contributed by atoms with Gasteiger partial charge < -0.3 is 37.0 Å². The fourth-order valence-corrected chi connectivity index (χ4v) is 4.04. The first-order chi connectivity index (χ1) is 16.1. The van der Waals surface area contributed by atoms with Crippen molar-refractivity contribution in [2.75, 3.05) is 13.6 Å². The monoisotopic (exact) mass is 470 g/mol. The van der Waals surface area contributed by atoms with Crippen LogP contribution in [-0.2, 0) is 27.2 Å². The lowest BCUT2D eigenvalue weighted by atomic mass is 9.95. The summed E-state index contributed by atoms with van der Waals surface area (Å²) >= 11 is 0. The van der Waals surface area contributed by atoms with E-state index in [1.807, 2.05) is 0 Å². The molecule has 182 valence electrons. The minimum atomic E-state index is -1.29. The first-order valence-electron chi connectivity index (χ1n) is 11.0. The third-order valence-corrected chi connectivity index (χ3v) is 6.09. The molecule has 8 N–H and O–H groups in total. The molecule has 0 spiro atoms. The Morgan fingerprint density at radius 3 is 2.15 bits per heavy atom. The molecule has 0 saturated carbocycles. The van der Waals surface area contributed by atoms with Gasteiger partial charge in [-0.2, -0.15) is 0 Å². The van der Waals surface area contributed by atoms with E-state index in [9.17, 15) is 29.7 Å². The SMILES string of the molecule is CN1C(=O)[C@H](CCCN)NC(=O)C(N)Cc2cc(ccc2O)-c2ccc(O)c(c2)CC1C(=O)O. The van der Waals surface area contributed by atoms with Crippen LogP contribution in [-0.4, -0.2) is 69.7 Å². The number of aromatic hydroxyl groups is 2. The average molecular weight is 471 g/mol. The number of hydrogen-bond donors (Lipinski definition) is 6. The minimum Gasteiger partial charge on any atom is -0.508 e. The van der Waals surface area contributed by atoms with Gasteiger partial charge in [0.15, 0.2) is 0 Å². The summed E-state index contributed by atoms with van der Waals surface area (Å²) in [5.74, 6) is -2.59. The number of carbonyl (C=O) groups excluding carboxylic acids is 2.